The smallest absolute Gasteiger partial charge is 0.227 e. The quantitative estimate of drug-likeness (QED) is 0.893. The van der Waals surface area contributed by atoms with Crippen LogP contribution in [0.1, 0.15) is 38.3 Å². The number of ether oxygens (including phenoxy) is 2. The number of nitrogens with one attached hydrogen (secondary N) is 1. The lowest BCUT2D eigenvalue weighted by Crippen LogP contribution is -2.40. The average Bonchev–Trinajstić information content (AvgIpc) is 2.67. The van der Waals surface area contributed by atoms with Gasteiger partial charge < -0.3 is 19.7 Å². The molecule has 2 aliphatic rings. The van der Waals surface area contributed by atoms with Crippen LogP contribution >= 0.6 is 0 Å². The van der Waals surface area contributed by atoms with Crippen molar-refractivity contribution in [3.63, 3.8) is 0 Å². The van der Waals surface area contributed by atoms with Crippen LogP contribution in [0.2, 0.25) is 0 Å². The zero-order chi connectivity index (χ0) is 17.9. The molecule has 26 heavy (non-hydrogen) atoms. The molecule has 3 heterocycles. The second kappa shape index (κ2) is 7.40. The summed E-state index contributed by atoms with van der Waals surface area (Å²) in [6.45, 7) is 6.48. The molecular weight excluding hydrogens is 328 g/mol. The SMILES string of the molecule is CCC1CCCCN1c1nc(C)cc(Nc2ccc3c(c2)OCCO3)n1. The second-order valence-electron chi connectivity index (χ2n) is 6.93. The van der Waals surface area contributed by atoms with Gasteiger partial charge in [-0.2, -0.15) is 4.98 Å². The standard InChI is InChI=1S/C20H26N4O2/c1-3-16-6-4-5-9-24(16)20-21-14(2)12-19(23-20)22-15-7-8-17-18(13-15)26-11-10-25-17/h7-8,12-13,16H,3-6,9-11H2,1-2H3,(H,21,22,23). The van der Waals surface area contributed by atoms with E-state index in [1.165, 1.54) is 19.3 Å². The summed E-state index contributed by atoms with van der Waals surface area (Å²) in [6, 6.07) is 8.39. The first-order chi connectivity index (χ1) is 12.7. The van der Waals surface area contributed by atoms with Crippen molar-refractivity contribution >= 4 is 17.5 Å². The lowest BCUT2D eigenvalue weighted by Gasteiger charge is -2.35. The maximum atomic E-state index is 5.67. The van der Waals surface area contributed by atoms with E-state index in [-0.39, 0.29) is 0 Å². The van der Waals surface area contributed by atoms with Gasteiger partial charge in [0.15, 0.2) is 11.5 Å². The summed E-state index contributed by atoms with van der Waals surface area (Å²) >= 11 is 0. The topological polar surface area (TPSA) is 59.5 Å². The third-order valence-electron chi connectivity index (χ3n) is 5.01. The predicted octanol–water partition coefficient (Wildman–Crippen LogP) is 4.07. The summed E-state index contributed by atoms with van der Waals surface area (Å²) in [7, 11) is 0. The third-order valence-corrected chi connectivity index (χ3v) is 5.01. The highest BCUT2D eigenvalue weighted by atomic mass is 16.6. The van der Waals surface area contributed by atoms with Crippen molar-refractivity contribution in [3.8, 4) is 11.5 Å². The first-order valence-electron chi connectivity index (χ1n) is 9.52. The van der Waals surface area contributed by atoms with E-state index in [1.807, 2.05) is 31.2 Å². The minimum atomic E-state index is 0.535. The van der Waals surface area contributed by atoms with E-state index in [9.17, 15) is 0 Å². The lowest BCUT2D eigenvalue weighted by atomic mass is 10.0. The number of hydrogen-bond acceptors (Lipinski definition) is 6. The van der Waals surface area contributed by atoms with Gasteiger partial charge in [0.1, 0.15) is 19.0 Å². The fourth-order valence-electron chi connectivity index (χ4n) is 3.70. The van der Waals surface area contributed by atoms with Gasteiger partial charge in [-0.3, -0.25) is 0 Å². The Morgan fingerprint density at radius 1 is 1.12 bits per heavy atom. The zero-order valence-corrected chi connectivity index (χ0v) is 15.5. The summed E-state index contributed by atoms with van der Waals surface area (Å²) < 4.78 is 11.3. The molecule has 2 aromatic rings. The molecule has 0 saturated carbocycles. The van der Waals surface area contributed by atoms with Gasteiger partial charge in [-0.15, -0.1) is 0 Å². The Morgan fingerprint density at radius 2 is 1.96 bits per heavy atom. The van der Waals surface area contributed by atoms with Gasteiger partial charge in [-0.25, -0.2) is 4.98 Å². The van der Waals surface area contributed by atoms with Crippen molar-refractivity contribution in [3.05, 3.63) is 30.0 Å². The fraction of sp³-hybridized carbons (Fsp3) is 0.500. The maximum absolute atomic E-state index is 5.67. The van der Waals surface area contributed by atoms with Gasteiger partial charge in [0.05, 0.1) is 0 Å². The summed E-state index contributed by atoms with van der Waals surface area (Å²) in [6.07, 6.45) is 4.85. The highest BCUT2D eigenvalue weighted by Gasteiger charge is 2.23. The van der Waals surface area contributed by atoms with Gasteiger partial charge in [0.2, 0.25) is 5.95 Å². The first-order valence-corrected chi connectivity index (χ1v) is 9.52. The molecule has 0 bridgehead atoms. The van der Waals surface area contributed by atoms with E-state index in [0.717, 1.165) is 47.6 Å². The normalized spacial score (nSPS) is 19.3. The Kier molecular flexibility index (Phi) is 4.82. The monoisotopic (exact) mass is 354 g/mol. The number of hydrogen-bond donors (Lipinski definition) is 1. The van der Waals surface area contributed by atoms with Crippen molar-refractivity contribution in [2.45, 2.75) is 45.6 Å². The van der Waals surface area contributed by atoms with Gasteiger partial charge in [0.25, 0.3) is 0 Å². The molecule has 1 unspecified atom stereocenters. The Labute approximate surface area is 154 Å². The van der Waals surface area contributed by atoms with Gasteiger partial charge in [0, 0.05) is 36.1 Å². The van der Waals surface area contributed by atoms with E-state index in [0.29, 0.717) is 19.3 Å². The van der Waals surface area contributed by atoms with Crippen LogP contribution in [0.15, 0.2) is 24.3 Å². The molecule has 138 valence electrons. The molecule has 1 aromatic heterocycles. The van der Waals surface area contributed by atoms with Crippen LogP contribution in [-0.2, 0) is 0 Å². The van der Waals surface area contributed by atoms with Gasteiger partial charge in [-0.1, -0.05) is 6.92 Å². The predicted molar refractivity (Wildman–Crippen MR) is 103 cm³/mol. The summed E-state index contributed by atoms with van der Waals surface area (Å²) in [4.78, 5) is 11.9. The van der Waals surface area contributed by atoms with Crippen LogP contribution in [-0.4, -0.2) is 35.8 Å². The van der Waals surface area contributed by atoms with E-state index < -0.39 is 0 Å². The largest absolute Gasteiger partial charge is 0.486 e. The Balaban J connectivity index is 1.58. The number of aromatic nitrogens is 2. The molecule has 6 nitrogen and oxygen atoms in total. The molecule has 0 aliphatic carbocycles. The molecule has 0 radical (unpaired) electrons. The molecule has 0 amide bonds. The summed E-state index contributed by atoms with van der Waals surface area (Å²) in [5.41, 5.74) is 1.90. The Hall–Kier alpha value is -2.50. The Morgan fingerprint density at radius 3 is 2.81 bits per heavy atom. The van der Waals surface area contributed by atoms with Crippen molar-refractivity contribution in [1.29, 1.82) is 0 Å². The fourth-order valence-corrected chi connectivity index (χ4v) is 3.70. The van der Waals surface area contributed by atoms with Crippen LogP contribution in [0.25, 0.3) is 0 Å². The van der Waals surface area contributed by atoms with Crippen LogP contribution < -0.4 is 19.7 Å². The first kappa shape index (κ1) is 16.9. The van der Waals surface area contributed by atoms with E-state index in [4.69, 9.17) is 19.4 Å². The zero-order valence-electron chi connectivity index (χ0n) is 15.5. The van der Waals surface area contributed by atoms with Crippen LogP contribution in [0, 0.1) is 6.92 Å². The molecule has 1 atom stereocenters. The average molecular weight is 354 g/mol. The maximum Gasteiger partial charge on any atom is 0.227 e. The molecular formula is C20H26N4O2. The molecule has 1 saturated heterocycles. The van der Waals surface area contributed by atoms with Crippen LogP contribution in [0.4, 0.5) is 17.5 Å². The Bertz CT molecular complexity index is 780. The van der Waals surface area contributed by atoms with Crippen LogP contribution in [0.5, 0.6) is 11.5 Å². The number of anilines is 3. The van der Waals surface area contributed by atoms with Crippen molar-refractivity contribution < 1.29 is 9.47 Å². The minimum Gasteiger partial charge on any atom is -0.486 e. The highest BCUT2D eigenvalue weighted by molar-refractivity contribution is 5.62. The summed E-state index contributed by atoms with van der Waals surface area (Å²) in [5, 5.41) is 3.39. The molecule has 1 fully saturated rings. The number of rotatable bonds is 4. The number of fused-ring (bicyclic) bond motifs is 1. The number of aryl methyl sites for hydroxylation is 1. The number of benzene rings is 1. The van der Waals surface area contributed by atoms with Gasteiger partial charge >= 0.3 is 0 Å². The number of nitrogens with zero attached hydrogens (tertiary/aromatic N) is 3. The van der Waals surface area contributed by atoms with E-state index in [2.05, 4.69) is 17.1 Å². The second-order valence-corrected chi connectivity index (χ2v) is 6.93. The van der Waals surface area contributed by atoms with Crippen molar-refractivity contribution in [1.82, 2.24) is 9.97 Å². The van der Waals surface area contributed by atoms with Crippen molar-refractivity contribution in [2.24, 2.45) is 0 Å². The van der Waals surface area contributed by atoms with Crippen LogP contribution in [0.3, 0.4) is 0 Å². The molecule has 4 rings (SSSR count). The van der Waals surface area contributed by atoms with E-state index >= 15 is 0 Å². The van der Waals surface area contributed by atoms with Crippen molar-refractivity contribution in [2.75, 3.05) is 30.0 Å². The lowest BCUT2D eigenvalue weighted by molar-refractivity contribution is 0.171. The third kappa shape index (κ3) is 3.54. The van der Waals surface area contributed by atoms with E-state index in [1.54, 1.807) is 0 Å². The molecule has 0 spiro atoms. The number of piperidine rings is 1. The van der Waals surface area contributed by atoms with Gasteiger partial charge in [-0.05, 0) is 44.7 Å². The minimum absolute atomic E-state index is 0.535. The molecule has 1 N–H and O–H groups in total. The molecule has 1 aromatic carbocycles. The molecule has 6 heteroatoms. The molecule has 2 aliphatic heterocycles. The highest BCUT2D eigenvalue weighted by Crippen LogP contribution is 2.34. The summed E-state index contributed by atoms with van der Waals surface area (Å²) in [5.74, 6) is 3.20.